The number of anilines is 1. The Hall–Kier alpha value is -1.73. The van der Waals surface area contributed by atoms with Crippen molar-refractivity contribution in [3.8, 4) is 0 Å². The number of nitrogens with zero attached hydrogens (tertiary/aromatic N) is 4. The van der Waals surface area contributed by atoms with Gasteiger partial charge < -0.3 is 10.2 Å². The van der Waals surface area contributed by atoms with E-state index in [1.54, 1.807) is 12.3 Å². The monoisotopic (exact) mass is 265 g/mol. The molecular weight excluding hydrogens is 246 g/mol. The van der Waals surface area contributed by atoms with Crippen LogP contribution in [0.2, 0.25) is 0 Å². The smallest absolute Gasteiger partial charge is 0.310 e. The van der Waals surface area contributed by atoms with Crippen LogP contribution in [-0.2, 0) is 0 Å². The molecular formula is C12H19N5O2. The number of nitro groups is 1. The topological polar surface area (TPSA) is 74.5 Å². The molecule has 104 valence electrons. The summed E-state index contributed by atoms with van der Waals surface area (Å²) in [5.41, 5.74) is 0.681. The summed E-state index contributed by atoms with van der Waals surface area (Å²) < 4.78 is 0. The van der Waals surface area contributed by atoms with E-state index in [2.05, 4.69) is 15.2 Å². The molecule has 1 fully saturated rings. The highest BCUT2D eigenvalue weighted by Gasteiger charge is 2.17. The second kappa shape index (κ2) is 6.44. The first-order valence-electron chi connectivity index (χ1n) is 6.41. The third-order valence-electron chi connectivity index (χ3n) is 3.35. The Morgan fingerprint density at radius 2 is 2.26 bits per heavy atom. The first kappa shape index (κ1) is 13.7. The maximum absolute atomic E-state index is 11.0. The fraction of sp³-hybridized carbons (Fsp3) is 0.583. The van der Waals surface area contributed by atoms with Gasteiger partial charge in [-0.15, -0.1) is 0 Å². The van der Waals surface area contributed by atoms with Crippen molar-refractivity contribution in [2.24, 2.45) is 0 Å². The van der Waals surface area contributed by atoms with Crippen molar-refractivity contribution < 1.29 is 4.92 Å². The minimum absolute atomic E-state index is 0.0605. The van der Waals surface area contributed by atoms with Gasteiger partial charge in [0.05, 0.1) is 4.92 Å². The fourth-order valence-electron chi connectivity index (χ4n) is 2.19. The van der Waals surface area contributed by atoms with E-state index in [0.29, 0.717) is 5.69 Å². The molecule has 1 N–H and O–H groups in total. The third kappa shape index (κ3) is 3.62. The van der Waals surface area contributed by atoms with Gasteiger partial charge in [0.15, 0.2) is 0 Å². The first-order chi connectivity index (χ1) is 9.18. The molecule has 0 aliphatic carbocycles. The second-order valence-electron chi connectivity index (χ2n) is 4.63. The number of pyridine rings is 1. The van der Waals surface area contributed by atoms with Gasteiger partial charge in [-0.1, -0.05) is 0 Å². The zero-order chi connectivity index (χ0) is 13.7. The first-order valence-corrected chi connectivity index (χ1v) is 6.41. The van der Waals surface area contributed by atoms with Crippen LogP contribution >= 0.6 is 0 Å². The fourth-order valence-corrected chi connectivity index (χ4v) is 2.19. The Balaban J connectivity index is 1.95. The lowest BCUT2D eigenvalue weighted by molar-refractivity contribution is -0.384. The quantitative estimate of drug-likeness (QED) is 0.611. The molecule has 0 spiro atoms. The molecule has 1 aliphatic heterocycles. The largest absolute Gasteiger partial charge is 0.368 e. The summed E-state index contributed by atoms with van der Waals surface area (Å²) in [4.78, 5) is 18.7. The normalized spacial score (nSPS) is 16.3. The molecule has 7 nitrogen and oxygen atoms in total. The van der Waals surface area contributed by atoms with Gasteiger partial charge in [0.1, 0.15) is 11.9 Å². The standard InChI is InChI=1S/C12H19N5O2/c1-15(8-9-16-6-4-13-5-7-16)11-2-3-14-10-12(11)17(18)19/h2-3,10,13H,4-9H2,1H3. The predicted molar refractivity (Wildman–Crippen MR) is 73.5 cm³/mol. The van der Waals surface area contributed by atoms with Crippen LogP contribution in [0.1, 0.15) is 0 Å². The SMILES string of the molecule is CN(CCN1CCNCC1)c1ccncc1[N+](=O)[O-]. The number of piperazine rings is 1. The van der Waals surface area contributed by atoms with Crippen LogP contribution in [0.5, 0.6) is 0 Å². The molecule has 0 aromatic carbocycles. The van der Waals surface area contributed by atoms with E-state index in [0.717, 1.165) is 39.3 Å². The van der Waals surface area contributed by atoms with Crippen molar-refractivity contribution in [3.63, 3.8) is 0 Å². The average Bonchev–Trinajstić information content (AvgIpc) is 2.46. The molecule has 0 saturated carbocycles. The lowest BCUT2D eigenvalue weighted by atomic mass is 10.3. The van der Waals surface area contributed by atoms with Crippen molar-refractivity contribution in [1.29, 1.82) is 0 Å². The minimum Gasteiger partial charge on any atom is -0.368 e. The summed E-state index contributed by atoms with van der Waals surface area (Å²) in [7, 11) is 1.88. The average molecular weight is 265 g/mol. The van der Waals surface area contributed by atoms with Gasteiger partial charge in [-0.25, -0.2) is 0 Å². The molecule has 7 heteroatoms. The summed E-state index contributed by atoms with van der Waals surface area (Å²) in [6.07, 6.45) is 2.89. The highest BCUT2D eigenvalue weighted by atomic mass is 16.6. The van der Waals surface area contributed by atoms with Crippen LogP contribution < -0.4 is 10.2 Å². The van der Waals surface area contributed by atoms with E-state index in [9.17, 15) is 10.1 Å². The Bertz CT molecular complexity index is 434. The minimum atomic E-state index is -0.385. The van der Waals surface area contributed by atoms with E-state index < -0.39 is 0 Å². The number of hydrogen-bond donors (Lipinski definition) is 1. The zero-order valence-corrected chi connectivity index (χ0v) is 11.1. The molecule has 0 radical (unpaired) electrons. The highest BCUT2D eigenvalue weighted by Crippen LogP contribution is 2.25. The van der Waals surface area contributed by atoms with Gasteiger partial charge in [-0.2, -0.15) is 0 Å². The van der Waals surface area contributed by atoms with E-state index in [-0.39, 0.29) is 10.6 Å². The van der Waals surface area contributed by atoms with E-state index in [4.69, 9.17) is 0 Å². The van der Waals surface area contributed by atoms with Gasteiger partial charge in [0.25, 0.3) is 0 Å². The number of aromatic nitrogens is 1. The van der Waals surface area contributed by atoms with Gasteiger partial charge in [-0.05, 0) is 6.07 Å². The van der Waals surface area contributed by atoms with Crippen LogP contribution in [0.25, 0.3) is 0 Å². The third-order valence-corrected chi connectivity index (χ3v) is 3.35. The van der Waals surface area contributed by atoms with Crippen LogP contribution in [-0.4, -0.2) is 61.1 Å². The van der Waals surface area contributed by atoms with E-state index >= 15 is 0 Å². The zero-order valence-electron chi connectivity index (χ0n) is 11.1. The number of rotatable bonds is 5. The van der Waals surface area contributed by atoms with E-state index in [1.807, 2.05) is 11.9 Å². The molecule has 0 atom stereocenters. The van der Waals surface area contributed by atoms with E-state index in [1.165, 1.54) is 6.20 Å². The van der Waals surface area contributed by atoms with Crippen LogP contribution in [0.4, 0.5) is 11.4 Å². The molecule has 0 bridgehead atoms. The molecule has 0 amide bonds. The summed E-state index contributed by atoms with van der Waals surface area (Å²) in [6, 6.07) is 1.69. The Kier molecular flexibility index (Phi) is 4.64. The maximum atomic E-state index is 11.0. The van der Waals surface area contributed by atoms with Crippen LogP contribution in [0.3, 0.4) is 0 Å². The number of nitrogens with one attached hydrogen (secondary N) is 1. The summed E-state index contributed by atoms with van der Waals surface area (Å²) >= 11 is 0. The van der Waals surface area contributed by atoms with Crippen molar-refractivity contribution >= 4 is 11.4 Å². The van der Waals surface area contributed by atoms with Crippen molar-refractivity contribution in [2.45, 2.75) is 0 Å². The summed E-state index contributed by atoms with van der Waals surface area (Å²) in [6.45, 7) is 5.78. The van der Waals surface area contributed by atoms with Gasteiger partial charge in [0.2, 0.25) is 0 Å². The molecule has 0 unspecified atom stereocenters. The maximum Gasteiger partial charge on any atom is 0.310 e. The molecule has 1 aromatic rings. The molecule has 1 aliphatic rings. The number of hydrogen-bond acceptors (Lipinski definition) is 6. The Morgan fingerprint density at radius 1 is 1.53 bits per heavy atom. The Labute approximate surface area is 112 Å². The van der Waals surface area contributed by atoms with Gasteiger partial charge >= 0.3 is 5.69 Å². The van der Waals surface area contributed by atoms with Gasteiger partial charge in [0, 0.05) is 52.5 Å². The Morgan fingerprint density at radius 3 is 2.95 bits per heavy atom. The predicted octanol–water partition coefficient (Wildman–Crippen LogP) is 0.331. The summed E-state index contributed by atoms with van der Waals surface area (Å²) in [5, 5.41) is 14.3. The van der Waals surface area contributed by atoms with Crippen LogP contribution in [0.15, 0.2) is 18.5 Å². The number of likely N-dealkylation sites (N-methyl/N-ethyl adjacent to an activating group) is 1. The second-order valence-corrected chi connectivity index (χ2v) is 4.63. The molecule has 1 saturated heterocycles. The lowest BCUT2D eigenvalue weighted by Gasteiger charge is -2.29. The van der Waals surface area contributed by atoms with Gasteiger partial charge in [-0.3, -0.25) is 20.0 Å². The lowest BCUT2D eigenvalue weighted by Crippen LogP contribution is -2.46. The molecule has 19 heavy (non-hydrogen) atoms. The molecule has 1 aromatic heterocycles. The van der Waals surface area contributed by atoms with Crippen LogP contribution in [0, 0.1) is 10.1 Å². The van der Waals surface area contributed by atoms with Crippen molar-refractivity contribution in [1.82, 2.24) is 15.2 Å². The highest BCUT2D eigenvalue weighted by molar-refractivity contribution is 5.61. The van der Waals surface area contributed by atoms with Crippen molar-refractivity contribution in [3.05, 3.63) is 28.6 Å². The summed E-state index contributed by atoms with van der Waals surface area (Å²) in [5.74, 6) is 0. The molecule has 2 heterocycles. The van der Waals surface area contributed by atoms with Crippen molar-refractivity contribution in [2.75, 3.05) is 51.2 Å². The molecule has 2 rings (SSSR count).